The van der Waals surface area contributed by atoms with E-state index in [-0.39, 0.29) is 18.7 Å². The minimum Gasteiger partial charge on any atom is -0.491 e. The summed E-state index contributed by atoms with van der Waals surface area (Å²) in [6.45, 7) is 2.38. The van der Waals surface area contributed by atoms with Crippen molar-refractivity contribution in [3.8, 4) is 5.75 Å². The molecule has 0 aliphatic carbocycles. The van der Waals surface area contributed by atoms with Crippen LogP contribution in [0.4, 0.5) is 0 Å². The van der Waals surface area contributed by atoms with E-state index >= 15 is 0 Å². The quantitative estimate of drug-likeness (QED) is 0.220. The summed E-state index contributed by atoms with van der Waals surface area (Å²) < 4.78 is 8.68. The van der Waals surface area contributed by atoms with Gasteiger partial charge in [0.2, 0.25) is 0 Å². The van der Waals surface area contributed by atoms with Gasteiger partial charge in [-0.05, 0) is 30.7 Å². The molecule has 0 aliphatic heterocycles. The highest BCUT2D eigenvalue weighted by Crippen LogP contribution is 2.24. The number of aliphatic hydroxyl groups excluding tert-OH is 1. The van der Waals surface area contributed by atoms with E-state index in [4.69, 9.17) is 16.3 Å². The monoisotopic (exact) mass is 522 g/mol. The summed E-state index contributed by atoms with van der Waals surface area (Å²) in [6, 6.07) is 6.89. The van der Waals surface area contributed by atoms with Gasteiger partial charge in [-0.25, -0.2) is 9.78 Å². The van der Waals surface area contributed by atoms with Gasteiger partial charge in [-0.2, -0.15) is 0 Å². The number of aliphatic hydroxyl groups is 1. The number of hydrogen-bond acceptors (Lipinski definition) is 6. The lowest BCUT2D eigenvalue weighted by atomic mass is 10.1. The lowest BCUT2D eigenvalue weighted by Crippen LogP contribution is -2.30. The van der Waals surface area contributed by atoms with Crippen molar-refractivity contribution in [1.29, 1.82) is 0 Å². The van der Waals surface area contributed by atoms with E-state index < -0.39 is 17.4 Å². The Balaban J connectivity index is 1.66. The average molecular weight is 523 g/mol. The van der Waals surface area contributed by atoms with Crippen LogP contribution in [0.1, 0.15) is 58.3 Å². The normalized spacial score (nSPS) is 12.3. The molecule has 8 nitrogen and oxygen atoms in total. The molecule has 1 aromatic carbocycles. The first-order valence-corrected chi connectivity index (χ1v) is 13.7. The molecule has 192 valence electrons. The minimum atomic E-state index is -0.887. The molecule has 3 aromatic rings. The van der Waals surface area contributed by atoms with Gasteiger partial charge < -0.3 is 14.4 Å². The van der Waals surface area contributed by atoms with Gasteiger partial charge in [0.1, 0.15) is 18.5 Å². The largest absolute Gasteiger partial charge is 0.491 e. The molecule has 0 spiro atoms. The number of imidazole rings is 1. The first-order valence-electron chi connectivity index (χ1n) is 12.3. The maximum Gasteiger partial charge on any atom is 0.329 e. The van der Waals surface area contributed by atoms with E-state index in [1.54, 1.807) is 47.6 Å². The van der Waals surface area contributed by atoms with E-state index in [0.717, 1.165) is 18.6 Å². The predicted molar refractivity (Wildman–Crippen MR) is 142 cm³/mol. The third-order valence-electron chi connectivity index (χ3n) is 5.85. The molecule has 2 aromatic heterocycles. The summed E-state index contributed by atoms with van der Waals surface area (Å²) in [5, 5.41) is 11.9. The Bertz CT molecular complexity index is 1190. The number of H-pyrrole nitrogens is 1. The van der Waals surface area contributed by atoms with E-state index in [1.807, 2.05) is 0 Å². The van der Waals surface area contributed by atoms with Crippen LogP contribution < -0.4 is 16.0 Å². The smallest absolute Gasteiger partial charge is 0.329 e. The molecule has 3 rings (SSSR count). The van der Waals surface area contributed by atoms with Crippen LogP contribution >= 0.6 is 23.4 Å². The van der Waals surface area contributed by atoms with Crippen LogP contribution in [-0.4, -0.2) is 42.7 Å². The second-order valence-electron chi connectivity index (χ2n) is 8.74. The van der Waals surface area contributed by atoms with Gasteiger partial charge in [0, 0.05) is 17.8 Å². The van der Waals surface area contributed by atoms with Crippen LogP contribution in [0, 0.1) is 0 Å². The molecule has 1 atom stereocenters. The van der Waals surface area contributed by atoms with Gasteiger partial charge in [-0.1, -0.05) is 75.2 Å². The minimum absolute atomic E-state index is 0.0348. The second kappa shape index (κ2) is 13.8. The van der Waals surface area contributed by atoms with Crippen LogP contribution in [0.5, 0.6) is 5.75 Å². The third kappa shape index (κ3) is 7.88. The van der Waals surface area contributed by atoms with Crippen molar-refractivity contribution in [2.45, 2.75) is 76.1 Å². The van der Waals surface area contributed by atoms with Crippen molar-refractivity contribution >= 4 is 34.5 Å². The molecular formula is C25H35ClN4O4S. The highest BCUT2D eigenvalue weighted by Gasteiger charge is 2.20. The molecule has 0 amide bonds. The fourth-order valence-corrected chi connectivity index (χ4v) is 5.01. The number of nitrogens with zero attached hydrogens (tertiary/aromatic N) is 3. The molecule has 10 heteroatoms. The average Bonchev–Trinajstić information content (AvgIpc) is 3.19. The van der Waals surface area contributed by atoms with Crippen molar-refractivity contribution in [1.82, 2.24) is 19.1 Å². The van der Waals surface area contributed by atoms with Crippen LogP contribution in [0.3, 0.4) is 0 Å². The Kier molecular flexibility index (Phi) is 10.7. The molecule has 35 heavy (non-hydrogen) atoms. The molecule has 0 saturated carbocycles. The van der Waals surface area contributed by atoms with Crippen LogP contribution in [-0.2, 0) is 13.6 Å². The summed E-state index contributed by atoms with van der Waals surface area (Å²) in [6.07, 6.45) is 8.96. The van der Waals surface area contributed by atoms with E-state index in [1.165, 1.54) is 43.1 Å². The van der Waals surface area contributed by atoms with Gasteiger partial charge in [0.15, 0.2) is 16.3 Å². The number of halogens is 1. The molecule has 0 fully saturated rings. The van der Waals surface area contributed by atoms with Crippen molar-refractivity contribution in [2.75, 3.05) is 12.4 Å². The number of aromatic amines is 1. The van der Waals surface area contributed by atoms with E-state index in [2.05, 4.69) is 16.9 Å². The maximum atomic E-state index is 12.6. The molecule has 0 radical (unpaired) electrons. The summed E-state index contributed by atoms with van der Waals surface area (Å²) in [4.78, 5) is 31.6. The Morgan fingerprint density at radius 2 is 1.74 bits per heavy atom. The zero-order chi connectivity index (χ0) is 25.2. The summed E-state index contributed by atoms with van der Waals surface area (Å²) in [5.74, 6) is 1.44. The van der Waals surface area contributed by atoms with Crippen LogP contribution in [0.15, 0.2) is 39.0 Å². The highest BCUT2D eigenvalue weighted by molar-refractivity contribution is 7.99. The van der Waals surface area contributed by atoms with Crippen LogP contribution in [0.2, 0.25) is 5.02 Å². The number of ether oxygens (including phenoxy) is 1. The Hall–Kier alpha value is -2.23. The number of aryl methyl sites for hydroxylation is 1. The van der Waals surface area contributed by atoms with Gasteiger partial charge in [0.25, 0.3) is 5.56 Å². The van der Waals surface area contributed by atoms with Gasteiger partial charge >= 0.3 is 5.69 Å². The first-order chi connectivity index (χ1) is 16.9. The van der Waals surface area contributed by atoms with Crippen molar-refractivity contribution < 1.29 is 9.84 Å². The Morgan fingerprint density at radius 3 is 2.43 bits per heavy atom. The Morgan fingerprint density at radius 1 is 1.09 bits per heavy atom. The molecule has 2 heterocycles. The fourth-order valence-electron chi connectivity index (χ4n) is 3.88. The lowest BCUT2D eigenvalue weighted by Gasteiger charge is -2.15. The fraction of sp³-hybridized carbons (Fsp3) is 0.560. The number of aromatic nitrogens is 4. The second-order valence-corrected chi connectivity index (χ2v) is 10.2. The molecule has 0 unspecified atom stereocenters. The SMILES string of the molecule is CCCCCCCCCCSc1nc2c(c(=O)[nH]c(=O)n2C)n1C[C@@H](O)COc1ccc(Cl)cc1. The number of benzene rings is 1. The Labute approximate surface area is 214 Å². The number of rotatable bonds is 15. The van der Waals surface area contributed by atoms with E-state index in [9.17, 15) is 14.7 Å². The molecule has 2 N–H and O–H groups in total. The topological polar surface area (TPSA) is 102 Å². The number of nitrogens with one attached hydrogen (secondary N) is 1. The summed E-state index contributed by atoms with van der Waals surface area (Å²) in [5.41, 5.74) is -0.446. The predicted octanol–water partition coefficient (Wildman–Crippen LogP) is 4.75. The summed E-state index contributed by atoms with van der Waals surface area (Å²) >= 11 is 7.44. The molecule has 0 bridgehead atoms. The van der Waals surface area contributed by atoms with Gasteiger partial charge in [-0.3, -0.25) is 14.3 Å². The van der Waals surface area contributed by atoms with Crippen molar-refractivity contribution in [2.24, 2.45) is 7.05 Å². The standard InChI is InChI=1S/C25H35ClN4O4S/c1-3-4-5-6-7-8-9-10-15-35-25-27-22-21(23(32)28-24(33)29(22)2)30(25)16-19(31)17-34-20-13-11-18(26)12-14-20/h11-14,19,31H,3-10,15-17H2,1-2H3,(H,28,32,33)/t19-/m1/s1. The maximum absolute atomic E-state index is 12.6. The first kappa shape index (κ1) is 27.4. The zero-order valence-electron chi connectivity index (χ0n) is 20.5. The summed E-state index contributed by atoms with van der Waals surface area (Å²) in [7, 11) is 1.57. The molecule has 0 saturated heterocycles. The number of fused-ring (bicyclic) bond motifs is 1. The third-order valence-corrected chi connectivity index (χ3v) is 7.17. The number of unbranched alkanes of at least 4 members (excludes halogenated alkanes) is 7. The number of thioether (sulfide) groups is 1. The van der Waals surface area contributed by atoms with Crippen molar-refractivity contribution in [3.05, 3.63) is 50.1 Å². The van der Waals surface area contributed by atoms with Crippen LogP contribution in [0.25, 0.3) is 11.2 Å². The lowest BCUT2D eigenvalue weighted by molar-refractivity contribution is 0.0914. The van der Waals surface area contributed by atoms with E-state index in [0.29, 0.717) is 21.6 Å². The molecular weight excluding hydrogens is 488 g/mol. The van der Waals surface area contributed by atoms with Gasteiger partial charge in [-0.15, -0.1) is 0 Å². The molecule has 0 aliphatic rings. The number of hydrogen-bond donors (Lipinski definition) is 2. The van der Waals surface area contributed by atoms with Gasteiger partial charge in [0.05, 0.1) is 6.54 Å². The zero-order valence-corrected chi connectivity index (χ0v) is 22.0. The highest BCUT2D eigenvalue weighted by atomic mass is 35.5. The van der Waals surface area contributed by atoms with Crippen molar-refractivity contribution in [3.63, 3.8) is 0 Å².